The first-order chi connectivity index (χ1) is 18.1. The summed E-state index contributed by atoms with van der Waals surface area (Å²) in [6.45, 7) is 10.9. The number of hydrogen-bond acceptors (Lipinski definition) is 7. The van der Waals surface area contributed by atoms with Crippen LogP contribution in [0.25, 0.3) is 0 Å². The number of rotatable bonds is 9. The van der Waals surface area contributed by atoms with E-state index in [0.717, 1.165) is 6.07 Å². The van der Waals surface area contributed by atoms with E-state index in [9.17, 15) is 14.4 Å². The van der Waals surface area contributed by atoms with Crippen molar-refractivity contribution < 1.29 is 37.5 Å². The van der Waals surface area contributed by atoms with Gasteiger partial charge in [-0.3, -0.25) is 9.59 Å². The average Bonchev–Trinajstić information content (AvgIpc) is 2.83. The van der Waals surface area contributed by atoms with E-state index in [1.54, 1.807) is 34.6 Å². The lowest BCUT2D eigenvalue weighted by Crippen LogP contribution is -2.51. The Kier molecular flexibility index (Phi) is 9.30. The zero-order valence-electron chi connectivity index (χ0n) is 22.8. The summed E-state index contributed by atoms with van der Waals surface area (Å²) in [5.74, 6) is -4.38. The Labute approximate surface area is 236 Å². The van der Waals surface area contributed by atoms with Gasteiger partial charge in [-0.2, -0.15) is 0 Å². The lowest BCUT2D eigenvalue weighted by atomic mass is 9.77. The molecule has 39 heavy (non-hydrogen) atoms. The van der Waals surface area contributed by atoms with Crippen LogP contribution in [-0.4, -0.2) is 42.4 Å². The molecular formula is C28H31Cl2F2NO6. The monoisotopic (exact) mass is 585 g/mol. The van der Waals surface area contributed by atoms with Crippen LogP contribution < -0.4 is 9.47 Å². The smallest absolute Gasteiger partial charge is 0.330 e. The first-order valence-corrected chi connectivity index (χ1v) is 13.2. The number of carbonyl (C=O) groups is 3. The first kappa shape index (κ1) is 30.8. The fourth-order valence-corrected chi connectivity index (χ4v) is 4.80. The van der Waals surface area contributed by atoms with Gasteiger partial charge in [-0.25, -0.2) is 13.6 Å². The summed E-state index contributed by atoms with van der Waals surface area (Å²) in [6, 6.07) is 1.13. The maximum atomic E-state index is 15.9. The summed E-state index contributed by atoms with van der Waals surface area (Å²) >= 11 is 12.4. The molecule has 0 N–H and O–H groups in total. The minimum absolute atomic E-state index is 0.00650. The van der Waals surface area contributed by atoms with Crippen LogP contribution >= 0.6 is 23.2 Å². The van der Waals surface area contributed by atoms with E-state index in [1.807, 2.05) is 0 Å². The van der Waals surface area contributed by atoms with Gasteiger partial charge in [-0.05, 0) is 60.6 Å². The van der Waals surface area contributed by atoms with Gasteiger partial charge in [-0.1, -0.05) is 23.2 Å². The summed E-state index contributed by atoms with van der Waals surface area (Å²) in [5.41, 5.74) is -1.15. The Morgan fingerprint density at radius 2 is 1.33 bits per heavy atom. The Morgan fingerprint density at radius 1 is 0.897 bits per heavy atom. The summed E-state index contributed by atoms with van der Waals surface area (Å²) in [5, 5.41) is 0.485. The second kappa shape index (κ2) is 11.8. The molecule has 0 aromatic heterocycles. The topological polar surface area (TPSA) is 82.1 Å². The highest BCUT2D eigenvalue weighted by Gasteiger charge is 2.51. The van der Waals surface area contributed by atoms with Gasteiger partial charge in [0.1, 0.15) is 23.1 Å². The molecule has 1 saturated heterocycles. The van der Waals surface area contributed by atoms with Gasteiger partial charge in [0.25, 0.3) is 0 Å². The molecule has 2 atom stereocenters. The third-order valence-electron chi connectivity index (χ3n) is 6.30. The molecule has 2 unspecified atom stereocenters. The van der Waals surface area contributed by atoms with E-state index in [2.05, 4.69) is 0 Å². The van der Waals surface area contributed by atoms with E-state index >= 15 is 8.78 Å². The molecule has 212 valence electrons. The van der Waals surface area contributed by atoms with Crippen LogP contribution in [0.3, 0.4) is 0 Å². The molecule has 1 fully saturated rings. The van der Waals surface area contributed by atoms with Crippen molar-refractivity contribution in [1.82, 2.24) is 5.06 Å². The molecule has 2 aromatic carbocycles. The molecule has 0 bridgehead atoms. The quantitative estimate of drug-likeness (QED) is 0.290. The highest BCUT2D eigenvalue weighted by atomic mass is 35.5. The predicted octanol–water partition coefficient (Wildman–Crippen LogP) is 7.12. The molecule has 0 radical (unpaired) electrons. The zero-order valence-corrected chi connectivity index (χ0v) is 24.4. The van der Waals surface area contributed by atoms with Crippen LogP contribution in [-0.2, 0) is 9.63 Å². The van der Waals surface area contributed by atoms with E-state index in [0.29, 0.717) is 0 Å². The largest absolute Gasteiger partial charge is 0.493 e. The number of benzene rings is 2. The fourth-order valence-electron chi connectivity index (χ4n) is 4.38. The number of nitrogens with zero attached hydrogens (tertiary/aromatic N) is 1. The van der Waals surface area contributed by atoms with Crippen LogP contribution in [0.1, 0.15) is 92.3 Å². The SMILES string of the molecule is CCOc1c(C(C)=O)cc(Cl)c(F)c1C1CN(OC(=O)C(C)(C)C)C1c1c(F)c(Cl)cc(C(C)=O)c1OCC. The van der Waals surface area contributed by atoms with Gasteiger partial charge >= 0.3 is 5.97 Å². The van der Waals surface area contributed by atoms with Crippen LogP contribution in [0.4, 0.5) is 8.78 Å². The van der Waals surface area contributed by atoms with Gasteiger partial charge in [-0.15, -0.1) is 5.06 Å². The van der Waals surface area contributed by atoms with E-state index in [4.69, 9.17) is 37.5 Å². The number of ether oxygens (including phenoxy) is 2. The third-order valence-corrected chi connectivity index (χ3v) is 6.85. The minimum Gasteiger partial charge on any atom is -0.493 e. The van der Waals surface area contributed by atoms with Crippen LogP contribution in [0.5, 0.6) is 11.5 Å². The van der Waals surface area contributed by atoms with Crippen molar-refractivity contribution in [2.45, 2.75) is 60.4 Å². The summed E-state index contributed by atoms with van der Waals surface area (Å²) in [7, 11) is 0. The lowest BCUT2D eigenvalue weighted by Gasteiger charge is -2.48. The summed E-state index contributed by atoms with van der Waals surface area (Å²) in [6.07, 6.45) is 0. The van der Waals surface area contributed by atoms with Gasteiger partial charge < -0.3 is 14.3 Å². The molecule has 11 heteroatoms. The van der Waals surface area contributed by atoms with Gasteiger partial charge in [0.2, 0.25) is 0 Å². The van der Waals surface area contributed by atoms with Crippen molar-refractivity contribution in [3.05, 3.63) is 56.1 Å². The molecule has 1 heterocycles. The van der Waals surface area contributed by atoms with E-state index in [-0.39, 0.29) is 63.6 Å². The average molecular weight is 586 g/mol. The zero-order chi connectivity index (χ0) is 29.4. The fraction of sp³-hybridized carbons (Fsp3) is 0.464. The van der Waals surface area contributed by atoms with Crippen molar-refractivity contribution in [1.29, 1.82) is 0 Å². The normalized spacial score (nSPS) is 17.4. The van der Waals surface area contributed by atoms with Gasteiger partial charge in [0.05, 0.1) is 51.4 Å². The van der Waals surface area contributed by atoms with Gasteiger partial charge in [0.15, 0.2) is 11.6 Å². The summed E-state index contributed by atoms with van der Waals surface area (Å²) < 4.78 is 43.1. The Hall–Kier alpha value is -2.75. The van der Waals surface area contributed by atoms with E-state index in [1.165, 1.54) is 25.0 Å². The number of carbonyl (C=O) groups excluding carboxylic acids is 3. The Balaban J connectivity index is 2.36. The minimum atomic E-state index is -1.21. The first-order valence-electron chi connectivity index (χ1n) is 12.5. The van der Waals surface area contributed by atoms with Crippen molar-refractivity contribution in [3.8, 4) is 11.5 Å². The molecule has 7 nitrogen and oxygen atoms in total. The molecule has 0 spiro atoms. The molecule has 0 saturated carbocycles. The van der Waals surface area contributed by atoms with Crippen molar-refractivity contribution in [2.24, 2.45) is 5.41 Å². The highest BCUT2D eigenvalue weighted by Crippen LogP contribution is 2.54. The molecular weight excluding hydrogens is 555 g/mol. The summed E-state index contributed by atoms with van der Waals surface area (Å²) in [4.78, 5) is 43.4. The third kappa shape index (κ3) is 5.90. The Bertz CT molecular complexity index is 1320. The van der Waals surface area contributed by atoms with Crippen LogP contribution in [0.15, 0.2) is 12.1 Å². The number of hydrogen-bond donors (Lipinski definition) is 0. The van der Waals surface area contributed by atoms with Crippen molar-refractivity contribution in [3.63, 3.8) is 0 Å². The predicted molar refractivity (Wildman–Crippen MR) is 143 cm³/mol. The molecule has 0 amide bonds. The van der Waals surface area contributed by atoms with E-state index < -0.39 is 46.5 Å². The van der Waals surface area contributed by atoms with Crippen LogP contribution in [0.2, 0.25) is 10.0 Å². The number of halogens is 4. The van der Waals surface area contributed by atoms with Crippen molar-refractivity contribution >= 4 is 40.7 Å². The van der Waals surface area contributed by atoms with Crippen LogP contribution in [0, 0.1) is 17.0 Å². The second-order valence-electron chi connectivity index (χ2n) is 10.2. The number of hydroxylamine groups is 2. The standard InChI is InChI=1S/C28H31Cl2F2NO6/c1-8-37-25-15(13(3)34)10-18(29)22(31)20(25)17-12-33(39-27(36)28(5,6)7)24(17)21-23(32)19(30)11-16(14(4)35)26(21)38-9-2/h10-11,17,24H,8-9,12H2,1-7H3. The number of Topliss-reactive ketones (excluding diaryl/α,β-unsaturated/α-hetero) is 2. The van der Waals surface area contributed by atoms with Gasteiger partial charge in [0, 0.05) is 18.0 Å². The molecule has 1 aliphatic rings. The maximum Gasteiger partial charge on any atom is 0.330 e. The highest BCUT2D eigenvalue weighted by molar-refractivity contribution is 6.31. The molecule has 2 aromatic rings. The van der Waals surface area contributed by atoms with Crippen molar-refractivity contribution in [2.75, 3.05) is 19.8 Å². The molecule has 1 aliphatic heterocycles. The maximum absolute atomic E-state index is 15.9. The second-order valence-corrected chi connectivity index (χ2v) is 11.0. The number of ketones is 2. The Morgan fingerprint density at radius 3 is 1.74 bits per heavy atom. The molecule has 3 rings (SSSR count). The molecule has 0 aliphatic carbocycles. The lowest BCUT2D eigenvalue weighted by molar-refractivity contribution is -0.245.